The first-order chi connectivity index (χ1) is 8.77. The van der Waals surface area contributed by atoms with Gasteiger partial charge in [0.1, 0.15) is 0 Å². The van der Waals surface area contributed by atoms with Crippen LogP contribution in [0.2, 0.25) is 0 Å². The number of hydrogen-bond donors (Lipinski definition) is 0. The van der Waals surface area contributed by atoms with Crippen molar-refractivity contribution in [1.29, 1.82) is 0 Å². The van der Waals surface area contributed by atoms with Gasteiger partial charge in [-0.3, -0.25) is 0 Å². The van der Waals surface area contributed by atoms with E-state index < -0.39 is 0 Å². The van der Waals surface area contributed by atoms with Crippen LogP contribution in [0.3, 0.4) is 0 Å². The Morgan fingerprint density at radius 1 is 1.00 bits per heavy atom. The van der Waals surface area contributed by atoms with E-state index in [4.69, 9.17) is 0 Å². The number of hydrogen-bond acceptors (Lipinski definition) is 0. The Hall–Kier alpha value is -1.04. The molecule has 0 heterocycles. The van der Waals surface area contributed by atoms with Gasteiger partial charge in [-0.25, -0.2) is 0 Å². The molecule has 0 saturated carbocycles. The van der Waals surface area contributed by atoms with Crippen molar-refractivity contribution in [1.82, 2.24) is 0 Å². The van der Waals surface area contributed by atoms with Crippen LogP contribution in [-0.2, 0) is 0 Å². The Balaban J connectivity index is 2.03. The lowest BCUT2D eigenvalue weighted by molar-refractivity contribution is 0.592. The minimum atomic E-state index is 0.645. The summed E-state index contributed by atoms with van der Waals surface area (Å²) in [5.74, 6) is 1.38. The lowest BCUT2D eigenvalue weighted by Gasteiger charge is -2.27. The van der Waals surface area contributed by atoms with E-state index in [1.807, 2.05) is 0 Å². The summed E-state index contributed by atoms with van der Waals surface area (Å²) in [5.41, 5.74) is 6.77. The maximum atomic E-state index is 2.44. The second-order valence-electron chi connectivity index (χ2n) is 6.09. The molecule has 3 rings (SSSR count). The zero-order valence-corrected chi connectivity index (χ0v) is 11.7. The molecule has 3 aliphatic carbocycles. The monoisotopic (exact) mass is 240 g/mol. The fourth-order valence-electron chi connectivity index (χ4n) is 3.97. The second kappa shape index (κ2) is 4.91. The fraction of sp³-hybridized carbons (Fsp3) is 0.556. The molecule has 0 aromatic carbocycles. The summed E-state index contributed by atoms with van der Waals surface area (Å²) in [6.45, 7) is 4.84. The molecule has 0 aromatic heterocycles. The van der Waals surface area contributed by atoms with E-state index in [1.54, 1.807) is 22.3 Å². The third-order valence-corrected chi connectivity index (χ3v) is 4.89. The lowest BCUT2D eigenvalue weighted by atomic mass is 9.78. The van der Waals surface area contributed by atoms with E-state index in [0.717, 1.165) is 5.92 Å². The number of allylic oxidation sites excluding steroid dienone is 8. The van der Waals surface area contributed by atoms with Gasteiger partial charge in [-0.05, 0) is 55.6 Å². The lowest BCUT2D eigenvalue weighted by Crippen LogP contribution is -2.13. The Bertz CT molecular complexity index is 456. The van der Waals surface area contributed by atoms with Gasteiger partial charge in [0.2, 0.25) is 0 Å². The van der Waals surface area contributed by atoms with E-state index in [9.17, 15) is 0 Å². The number of rotatable bonds is 0. The Morgan fingerprint density at radius 2 is 1.89 bits per heavy atom. The maximum absolute atomic E-state index is 2.44. The van der Waals surface area contributed by atoms with Crippen molar-refractivity contribution in [3.05, 3.63) is 46.6 Å². The molecule has 2 unspecified atom stereocenters. The minimum absolute atomic E-state index is 0.645. The average molecular weight is 240 g/mol. The molecule has 0 N–H and O–H groups in total. The van der Waals surface area contributed by atoms with Gasteiger partial charge in [0.05, 0.1) is 0 Å². The molecule has 0 aliphatic heterocycles. The third-order valence-electron chi connectivity index (χ3n) is 4.89. The van der Waals surface area contributed by atoms with Crippen LogP contribution in [0.5, 0.6) is 0 Å². The summed E-state index contributed by atoms with van der Waals surface area (Å²) < 4.78 is 0. The first kappa shape index (κ1) is 12.0. The molecule has 2 atom stereocenters. The van der Waals surface area contributed by atoms with Crippen LogP contribution in [0.25, 0.3) is 0 Å². The quantitative estimate of drug-likeness (QED) is 0.535. The molecule has 96 valence electrons. The summed E-state index contributed by atoms with van der Waals surface area (Å²) in [5, 5.41) is 0. The molecule has 0 bridgehead atoms. The zero-order valence-electron chi connectivity index (χ0n) is 11.7. The van der Waals surface area contributed by atoms with Crippen LogP contribution in [0.1, 0.15) is 52.4 Å². The predicted molar refractivity (Wildman–Crippen MR) is 78.4 cm³/mol. The van der Waals surface area contributed by atoms with Crippen LogP contribution in [0.15, 0.2) is 46.6 Å². The Morgan fingerprint density at radius 3 is 2.78 bits per heavy atom. The predicted octanol–water partition coefficient (Wildman–Crippen LogP) is 5.35. The standard InChI is InChI=1S/C18H24/c1-13-7-6-9-16-12-11-15-8-4-3-5-10-17(15)14(2)18(13)16/h5-6,9-10,13-14H,3-4,7-8,11-12H2,1-2H3. The van der Waals surface area contributed by atoms with E-state index in [0.29, 0.717) is 5.92 Å². The van der Waals surface area contributed by atoms with Crippen molar-refractivity contribution < 1.29 is 0 Å². The molecular formula is C18H24. The Labute approximate surface area is 111 Å². The van der Waals surface area contributed by atoms with Crippen molar-refractivity contribution >= 4 is 0 Å². The van der Waals surface area contributed by atoms with E-state index >= 15 is 0 Å². The summed E-state index contributed by atoms with van der Waals surface area (Å²) in [6, 6.07) is 0. The van der Waals surface area contributed by atoms with Gasteiger partial charge in [0, 0.05) is 5.92 Å². The van der Waals surface area contributed by atoms with Gasteiger partial charge in [0.15, 0.2) is 0 Å². The summed E-state index contributed by atoms with van der Waals surface area (Å²) in [4.78, 5) is 0. The molecule has 18 heavy (non-hydrogen) atoms. The zero-order chi connectivity index (χ0) is 12.5. The van der Waals surface area contributed by atoms with E-state index in [-0.39, 0.29) is 0 Å². The van der Waals surface area contributed by atoms with Crippen molar-refractivity contribution in [2.45, 2.75) is 52.4 Å². The molecule has 0 heteroatoms. The molecule has 0 aromatic rings. The van der Waals surface area contributed by atoms with Gasteiger partial charge in [-0.1, -0.05) is 49.3 Å². The van der Waals surface area contributed by atoms with Crippen LogP contribution in [0, 0.1) is 11.8 Å². The average Bonchev–Trinajstić information content (AvgIpc) is 2.66. The molecule has 0 amide bonds. The molecule has 3 aliphatic rings. The first-order valence-electron chi connectivity index (χ1n) is 7.55. The molecule has 0 nitrogen and oxygen atoms in total. The first-order valence-corrected chi connectivity index (χ1v) is 7.55. The third kappa shape index (κ3) is 2.02. The molecule has 0 radical (unpaired) electrons. The second-order valence-corrected chi connectivity index (χ2v) is 6.09. The highest BCUT2D eigenvalue weighted by Gasteiger charge is 2.27. The summed E-state index contributed by atoms with van der Waals surface area (Å²) >= 11 is 0. The largest absolute Gasteiger partial charge is 0.0842 e. The summed E-state index contributed by atoms with van der Waals surface area (Å²) in [6.07, 6.45) is 17.3. The highest BCUT2D eigenvalue weighted by Crippen LogP contribution is 2.42. The van der Waals surface area contributed by atoms with Crippen molar-refractivity contribution in [2.24, 2.45) is 11.8 Å². The van der Waals surface area contributed by atoms with E-state index in [1.165, 1.54) is 38.5 Å². The van der Waals surface area contributed by atoms with Crippen LogP contribution < -0.4 is 0 Å². The van der Waals surface area contributed by atoms with Crippen molar-refractivity contribution in [2.75, 3.05) is 0 Å². The van der Waals surface area contributed by atoms with Gasteiger partial charge in [-0.2, -0.15) is 0 Å². The van der Waals surface area contributed by atoms with Crippen molar-refractivity contribution in [3.8, 4) is 0 Å². The van der Waals surface area contributed by atoms with Crippen molar-refractivity contribution in [3.63, 3.8) is 0 Å². The fourth-order valence-corrected chi connectivity index (χ4v) is 3.97. The minimum Gasteiger partial charge on any atom is -0.0842 e. The smallest absolute Gasteiger partial charge is 0.00278 e. The van der Waals surface area contributed by atoms with Gasteiger partial charge in [-0.15, -0.1) is 0 Å². The molecular weight excluding hydrogens is 216 g/mol. The molecule has 0 saturated heterocycles. The topological polar surface area (TPSA) is 0 Å². The van der Waals surface area contributed by atoms with Gasteiger partial charge < -0.3 is 0 Å². The van der Waals surface area contributed by atoms with Gasteiger partial charge in [0.25, 0.3) is 0 Å². The molecule has 0 spiro atoms. The Kier molecular flexibility index (Phi) is 3.28. The highest BCUT2D eigenvalue weighted by atomic mass is 14.3. The maximum Gasteiger partial charge on any atom is 0.00278 e. The van der Waals surface area contributed by atoms with Crippen LogP contribution in [-0.4, -0.2) is 0 Å². The van der Waals surface area contributed by atoms with Crippen LogP contribution in [0.4, 0.5) is 0 Å². The van der Waals surface area contributed by atoms with Gasteiger partial charge >= 0.3 is 0 Å². The molecule has 0 fully saturated rings. The highest BCUT2D eigenvalue weighted by molar-refractivity contribution is 5.44. The van der Waals surface area contributed by atoms with Crippen LogP contribution >= 0.6 is 0 Å². The van der Waals surface area contributed by atoms with E-state index in [2.05, 4.69) is 38.2 Å². The SMILES string of the molecule is CC1CC=CC2=C1C(C)C1=C(CCCC=C1)CC2. The normalized spacial score (nSPS) is 31.9. The summed E-state index contributed by atoms with van der Waals surface area (Å²) in [7, 11) is 0.